The minimum atomic E-state index is -1.29. The number of rotatable bonds is 3. The Morgan fingerprint density at radius 1 is 1.64 bits per heavy atom. The lowest BCUT2D eigenvalue weighted by molar-refractivity contribution is 0.143. The highest BCUT2D eigenvalue weighted by molar-refractivity contribution is 5.63. The lowest BCUT2D eigenvalue weighted by Gasteiger charge is -2.08. The maximum Gasteiger partial charge on any atom is 0.511 e. The molecule has 0 aromatic heterocycles. The molecule has 0 aliphatic carbocycles. The van der Waals surface area contributed by atoms with E-state index in [9.17, 15) is 4.79 Å². The van der Waals surface area contributed by atoms with E-state index in [1.807, 2.05) is 25.1 Å². The fourth-order valence-corrected chi connectivity index (χ4v) is 1.26. The molecule has 0 fully saturated rings. The molecular formula is C11H12O3. The summed E-state index contributed by atoms with van der Waals surface area (Å²) < 4.78 is 4.70. The summed E-state index contributed by atoms with van der Waals surface area (Å²) in [6.45, 7) is 5.41. The Hall–Kier alpha value is -1.77. The van der Waals surface area contributed by atoms with Crippen molar-refractivity contribution >= 4 is 6.16 Å². The highest BCUT2D eigenvalue weighted by Gasteiger charge is 2.09. The number of allylic oxidation sites excluding steroid dienone is 1. The van der Waals surface area contributed by atoms with E-state index in [0.29, 0.717) is 12.2 Å². The number of ether oxygens (including phenoxy) is 1. The molecule has 0 aliphatic heterocycles. The number of benzene rings is 1. The summed E-state index contributed by atoms with van der Waals surface area (Å²) in [6, 6.07) is 5.50. The Bertz CT molecular complexity index is 356. The quantitative estimate of drug-likeness (QED) is 0.455. The molecule has 3 heteroatoms. The molecule has 1 aromatic carbocycles. The lowest BCUT2D eigenvalue weighted by atomic mass is 10.1. The van der Waals surface area contributed by atoms with Gasteiger partial charge in [0.2, 0.25) is 0 Å². The van der Waals surface area contributed by atoms with Gasteiger partial charge in [-0.15, -0.1) is 6.58 Å². The second-order valence-corrected chi connectivity index (χ2v) is 2.92. The molecular weight excluding hydrogens is 180 g/mol. The van der Waals surface area contributed by atoms with Crippen LogP contribution in [0.1, 0.15) is 11.1 Å². The normalized spacial score (nSPS) is 9.50. The van der Waals surface area contributed by atoms with E-state index in [4.69, 9.17) is 9.84 Å². The van der Waals surface area contributed by atoms with Crippen LogP contribution in [-0.2, 0) is 6.42 Å². The molecule has 0 spiro atoms. The summed E-state index contributed by atoms with van der Waals surface area (Å²) in [7, 11) is 0. The summed E-state index contributed by atoms with van der Waals surface area (Å²) in [5.74, 6) is 0.417. The molecule has 1 aromatic rings. The summed E-state index contributed by atoms with van der Waals surface area (Å²) in [6.07, 6.45) is 1.03. The van der Waals surface area contributed by atoms with E-state index in [0.717, 1.165) is 11.1 Å². The second-order valence-electron chi connectivity index (χ2n) is 2.92. The second kappa shape index (κ2) is 4.46. The van der Waals surface area contributed by atoms with Crippen LogP contribution in [-0.4, -0.2) is 11.3 Å². The molecule has 0 saturated heterocycles. The van der Waals surface area contributed by atoms with E-state index in [-0.39, 0.29) is 0 Å². The topological polar surface area (TPSA) is 46.5 Å². The Balaban J connectivity index is 3.07. The smallest absolute Gasteiger partial charge is 0.449 e. The average Bonchev–Trinajstić information content (AvgIpc) is 2.11. The van der Waals surface area contributed by atoms with Gasteiger partial charge in [0.05, 0.1) is 0 Å². The standard InChI is InChI=1S/C11H12O3/c1-3-5-9-7-4-6-8(2)10(9)14-11(12)13/h3-4,6-7H,1,5H2,2H3,(H,12,13). The number of para-hydroxylation sites is 1. The van der Waals surface area contributed by atoms with Gasteiger partial charge in [0, 0.05) is 0 Å². The first-order valence-corrected chi connectivity index (χ1v) is 4.25. The van der Waals surface area contributed by atoms with Crippen LogP contribution in [0.25, 0.3) is 0 Å². The average molecular weight is 192 g/mol. The van der Waals surface area contributed by atoms with E-state index >= 15 is 0 Å². The Morgan fingerprint density at radius 2 is 2.36 bits per heavy atom. The highest BCUT2D eigenvalue weighted by Crippen LogP contribution is 2.24. The van der Waals surface area contributed by atoms with Crippen molar-refractivity contribution in [1.82, 2.24) is 0 Å². The summed E-state index contributed by atoms with van der Waals surface area (Å²) >= 11 is 0. The van der Waals surface area contributed by atoms with Crippen LogP contribution in [0, 0.1) is 6.92 Å². The maximum atomic E-state index is 10.4. The van der Waals surface area contributed by atoms with Gasteiger partial charge in [-0.25, -0.2) is 4.79 Å². The zero-order valence-corrected chi connectivity index (χ0v) is 7.99. The molecule has 0 heterocycles. The third-order valence-electron chi connectivity index (χ3n) is 1.85. The minimum absolute atomic E-state index is 0.417. The van der Waals surface area contributed by atoms with Crippen LogP contribution < -0.4 is 4.74 Å². The molecule has 0 amide bonds. The van der Waals surface area contributed by atoms with Crippen molar-refractivity contribution in [2.45, 2.75) is 13.3 Å². The van der Waals surface area contributed by atoms with Crippen LogP contribution >= 0.6 is 0 Å². The number of hydrogen-bond donors (Lipinski definition) is 1. The van der Waals surface area contributed by atoms with E-state index in [2.05, 4.69) is 6.58 Å². The van der Waals surface area contributed by atoms with Gasteiger partial charge in [-0.3, -0.25) is 0 Å². The van der Waals surface area contributed by atoms with E-state index < -0.39 is 6.16 Å². The van der Waals surface area contributed by atoms with Crippen LogP contribution in [0.2, 0.25) is 0 Å². The minimum Gasteiger partial charge on any atom is -0.449 e. The van der Waals surface area contributed by atoms with Gasteiger partial charge in [-0.1, -0.05) is 24.3 Å². The fraction of sp³-hybridized carbons (Fsp3) is 0.182. The molecule has 1 rings (SSSR count). The maximum absolute atomic E-state index is 10.4. The molecule has 0 radical (unpaired) electrons. The van der Waals surface area contributed by atoms with Crippen molar-refractivity contribution in [2.24, 2.45) is 0 Å². The Morgan fingerprint density at radius 3 is 2.93 bits per heavy atom. The van der Waals surface area contributed by atoms with Crippen molar-refractivity contribution < 1.29 is 14.6 Å². The van der Waals surface area contributed by atoms with Gasteiger partial charge in [0.15, 0.2) is 0 Å². The number of carboxylic acid groups (broad SMARTS) is 1. The largest absolute Gasteiger partial charge is 0.511 e. The van der Waals surface area contributed by atoms with E-state index in [1.165, 1.54) is 0 Å². The van der Waals surface area contributed by atoms with Crippen LogP contribution in [0.3, 0.4) is 0 Å². The van der Waals surface area contributed by atoms with Gasteiger partial charge >= 0.3 is 6.16 Å². The molecule has 0 aliphatic rings. The first-order valence-electron chi connectivity index (χ1n) is 4.25. The molecule has 0 saturated carbocycles. The first-order chi connectivity index (χ1) is 6.65. The van der Waals surface area contributed by atoms with Gasteiger partial charge < -0.3 is 9.84 Å². The summed E-state index contributed by atoms with van der Waals surface area (Å²) in [5.41, 5.74) is 1.65. The van der Waals surface area contributed by atoms with Crippen LogP contribution in [0.5, 0.6) is 5.75 Å². The van der Waals surface area contributed by atoms with Crippen molar-refractivity contribution in [3.05, 3.63) is 42.0 Å². The molecule has 0 atom stereocenters. The fourth-order valence-electron chi connectivity index (χ4n) is 1.26. The van der Waals surface area contributed by atoms with Gasteiger partial charge in [0.1, 0.15) is 5.75 Å². The zero-order valence-electron chi connectivity index (χ0n) is 7.99. The van der Waals surface area contributed by atoms with Crippen molar-refractivity contribution in [2.75, 3.05) is 0 Å². The van der Waals surface area contributed by atoms with Crippen LogP contribution in [0.15, 0.2) is 30.9 Å². The predicted octanol–water partition coefficient (Wildman–Crippen LogP) is 2.78. The Kier molecular flexibility index (Phi) is 3.29. The monoisotopic (exact) mass is 192 g/mol. The predicted molar refractivity (Wildman–Crippen MR) is 53.7 cm³/mol. The molecule has 1 N–H and O–H groups in total. The van der Waals surface area contributed by atoms with Crippen molar-refractivity contribution in [3.63, 3.8) is 0 Å². The molecule has 3 nitrogen and oxygen atoms in total. The summed E-state index contributed by atoms with van der Waals surface area (Å²) in [5, 5.41) is 8.54. The molecule has 14 heavy (non-hydrogen) atoms. The third kappa shape index (κ3) is 2.36. The van der Waals surface area contributed by atoms with Gasteiger partial charge in [-0.05, 0) is 24.5 Å². The molecule has 0 unspecified atom stereocenters. The zero-order chi connectivity index (χ0) is 10.6. The first kappa shape index (κ1) is 10.3. The molecule has 0 bridgehead atoms. The van der Waals surface area contributed by atoms with Crippen LogP contribution in [0.4, 0.5) is 4.79 Å². The molecule has 74 valence electrons. The number of hydrogen-bond acceptors (Lipinski definition) is 2. The van der Waals surface area contributed by atoms with Crippen molar-refractivity contribution in [1.29, 1.82) is 0 Å². The summed E-state index contributed by atoms with van der Waals surface area (Å²) in [4.78, 5) is 10.4. The Labute approximate surface area is 82.6 Å². The highest BCUT2D eigenvalue weighted by atomic mass is 16.7. The van der Waals surface area contributed by atoms with Gasteiger partial charge in [-0.2, -0.15) is 0 Å². The number of carbonyl (C=O) groups is 1. The van der Waals surface area contributed by atoms with Crippen molar-refractivity contribution in [3.8, 4) is 5.75 Å². The third-order valence-corrected chi connectivity index (χ3v) is 1.85. The van der Waals surface area contributed by atoms with E-state index in [1.54, 1.807) is 6.08 Å². The number of aryl methyl sites for hydroxylation is 1. The SMILES string of the molecule is C=CCc1cccc(C)c1OC(=O)O. The lowest BCUT2D eigenvalue weighted by Crippen LogP contribution is -2.06. The van der Waals surface area contributed by atoms with Gasteiger partial charge in [0.25, 0.3) is 0 Å².